The molecule has 2 saturated heterocycles. The number of hydrogen-bond acceptors (Lipinski definition) is 3. The molecule has 0 amide bonds. The van der Waals surface area contributed by atoms with Gasteiger partial charge in [-0.2, -0.15) is 0 Å². The average Bonchev–Trinajstić information content (AvgIpc) is 2.77. The summed E-state index contributed by atoms with van der Waals surface area (Å²) in [6.07, 6.45) is 4.59. The third kappa shape index (κ3) is 1.92. The Balaban J connectivity index is 1.92. The van der Waals surface area contributed by atoms with Crippen LogP contribution in [0.15, 0.2) is 0 Å². The molecular formula is C10H17NO2. The van der Waals surface area contributed by atoms with E-state index in [1.165, 1.54) is 12.8 Å². The van der Waals surface area contributed by atoms with Crippen LogP contribution in [-0.4, -0.2) is 44.0 Å². The Hall–Kier alpha value is -0.410. The number of carbonyl (C=O) groups is 1. The molecule has 2 fully saturated rings. The van der Waals surface area contributed by atoms with Crippen molar-refractivity contribution in [1.29, 1.82) is 0 Å². The van der Waals surface area contributed by atoms with Crippen molar-refractivity contribution in [2.75, 3.05) is 32.8 Å². The lowest BCUT2D eigenvalue weighted by atomic mass is 9.89. The molecule has 0 aromatic heterocycles. The normalized spacial score (nSPS) is 35.4. The second-order valence-electron chi connectivity index (χ2n) is 4.27. The molecule has 13 heavy (non-hydrogen) atoms. The summed E-state index contributed by atoms with van der Waals surface area (Å²) in [7, 11) is 0. The second-order valence-corrected chi connectivity index (χ2v) is 4.27. The lowest BCUT2D eigenvalue weighted by Gasteiger charge is -2.26. The van der Waals surface area contributed by atoms with Crippen LogP contribution >= 0.6 is 0 Å². The summed E-state index contributed by atoms with van der Waals surface area (Å²) in [5.41, 5.74) is -0.176. The number of likely N-dealkylation sites (tertiary alicyclic amines) is 1. The van der Waals surface area contributed by atoms with Gasteiger partial charge in [0.15, 0.2) is 0 Å². The number of rotatable bonds is 3. The summed E-state index contributed by atoms with van der Waals surface area (Å²) in [6, 6.07) is 0. The Bertz CT molecular complexity index is 181. The molecule has 3 nitrogen and oxygen atoms in total. The van der Waals surface area contributed by atoms with Crippen molar-refractivity contribution in [3.63, 3.8) is 0 Å². The Morgan fingerprint density at radius 3 is 2.69 bits per heavy atom. The maximum Gasteiger partial charge on any atom is 0.129 e. The number of aldehydes is 1. The largest absolute Gasteiger partial charge is 0.380 e. The van der Waals surface area contributed by atoms with Gasteiger partial charge in [-0.1, -0.05) is 0 Å². The van der Waals surface area contributed by atoms with Crippen molar-refractivity contribution < 1.29 is 9.53 Å². The zero-order valence-electron chi connectivity index (χ0n) is 8.00. The van der Waals surface area contributed by atoms with Gasteiger partial charge in [0.05, 0.1) is 12.0 Å². The van der Waals surface area contributed by atoms with E-state index in [0.717, 1.165) is 38.9 Å². The van der Waals surface area contributed by atoms with Gasteiger partial charge < -0.3 is 14.4 Å². The van der Waals surface area contributed by atoms with Crippen LogP contribution < -0.4 is 0 Å². The summed E-state index contributed by atoms with van der Waals surface area (Å²) < 4.78 is 5.30. The van der Waals surface area contributed by atoms with E-state index in [4.69, 9.17) is 4.74 Å². The maximum atomic E-state index is 11.0. The second kappa shape index (κ2) is 3.76. The van der Waals surface area contributed by atoms with Crippen molar-refractivity contribution in [3.05, 3.63) is 0 Å². The molecule has 2 rings (SSSR count). The number of hydrogen-bond donors (Lipinski definition) is 0. The van der Waals surface area contributed by atoms with Gasteiger partial charge in [0.1, 0.15) is 6.29 Å². The third-order valence-electron chi connectivity index (χ3n) is 3.12. The molecule has 0 bridgehead atoms. The molecule has 1 atom stereocenters. The number of carbonyl (C=O) groups excluding carboxylic acids is 1. The molecule has 0 aliphatic carbocycles. The van der Waals surface area contributed by atoms with E-state index in [0.29, 0.717) is 6.61 Å². The van der Waals surface area contributed by atoms with Gasteiger partial charge in [-0.05, 0) is 32.4 Å². The fourth-order valence-corrected chi connectivity index (χ4v) is 2.26. The summed E-state index contributed by atoms with van der Waals surface area (Å²) in [6.45, 7) is 4.63. The van der Waals surface area contributed by atoms with E-state index in [1.54, 1.807) is 0 Å². The highest BCUT2D eigenvalue weighted by atomic mass is 16.5. The molecule has 2 aliphatic rings. The highest BCUT2D eigenvalue weighted by molar-refractivity contribution is 5.60. The van der Waals surface area contributed by atoms with Gasteiger partial charge in [-0.15, -0.1) is 0 Å². The van der Waals surface area contributed by atoms with Crippen molar-refractivity contribution in [1.82, 2.24) is 4.90 Å². The van der Waals surface area contributed by atoms with E-state index >= 15 is 0 Å². The van der Waals surface area contributed by atoms with Gasteiger partial charge in [0, 0.05) is 13.2 Å². The van der Waals surface area contributed by atoms with Crippen LogP contribution in [0.3, 0.4) is 0 Å². The minimum absolute atomic E-state index is 0.176. The smallest absolute Gasteiger partial charge is 0.129 e. The van der Waals surface area contributed by atoms with Gasteiger partial charge in [0.25, 0.3) is 0 Å². The van der Waals surface area contributed by atoms with Crippen molar-refractivity contribution >= 4 is 6.29 Å². The lowest BCUT2D eigenvalue weighted by molar-refractivity contribution is -0.117. The molecule has 0 N–H and O–H groups in total. The first-order valence-electron chi connectivity index (χ1n) is 5.11. The van der Waals surface area contributed by atoms with E-state index < -0.39 is 0 Å². The monoisotopic (exact) mass is 183 g/mol. The van der Waals surface area contributed by atoms with Crippen LogP contribution in [0.1, 0.15) is 19.3 Å². The van der Waals surface area contributed by atoms with Crippen LogP contribution in [-0.2, 0) is 9.53 Å². The molecule has 2 aliphatic heterocycles. The summed E-state index contributed by atoms with van der Waals surface area (Å²) >= 11 is 0. The standard InChI is InChI=1S/C10H17NO2/c12-8-10(3-6-13-9-10)7-11-4-1-2-5-11/h8H,1-7,9H2. The SMILES string of the molecule is O=CC1(CN2CCCC2)CCOC1. The van der Waals surface area contributed by atoms with E-state index in [-0.39, 0.29) is 5.41 Å². The first-order chi connectivity index (χ1) is 6.35. The molecule has 0 aromatic rings. The fraction of sp³-hybridized carbons (Fsp3) is 0.900. The highest BCUT2D eigenvalue weighted by Gasteiger charge is 2.36. The Morgan fingerprint density at radius 1 is 1.38 bits per heavy atom. The molecule has 0 radical (unpaired) electrons. The zero-order chi connectivity index (χ0) is 9.15. The summed E-state index contributed by atoms with van der Waals surface area (Å²) in [5, 5.41) is 0. The predicted octanol–water partition coefficient (Wildman–Crippen LogP) is 0.688. The minimum atomic E-state index is -0.176. The molecule has 0 spiro atoms. The zero-order valence-corrected chi connectivity index (χ0v) is 8.00. The van der Waals surface area contributed by atoms with E-state index in [1.807, 2.05) is 0 Å². The number of nitrogens with zero attached hydrogens (tertiary/aromatic N) is 1. The van der Waals surface area contributed by atoms with Gasteiger partial charge in [0.2, 0.25) is 0 Å². The third-order valence-corrected chi connectivity index (χ3v) is 3.12. The van der Waals surface area contributed by atoms with Crippen molar-refractivity contribution in [2.45, 2.75) is 19.3 Å². The summed E-state index contributed by atoms with van der Waals surface area (Å²) in [4.78, 5) is 13.4. The van der Waals surface area contributed by atoms with E-state index in [2.05, 4.69) is 4.90 Å². The molecule has 1 unspecified atom stereocenters. The van der Waals surface area contributed by atoms with Gasteiger partial charge >= 0.3 is 0 Å². The topological polar surface area (TPSA) is 29.5 Å². The Morgan fingerprint density at radius 2 is 2.15 bits per heavy atom. The summed E-state index contributed by atoms with van der Waals surface area (Å²) in [5.74, 6) is 0. The molecule has 0 saturated carbocycles. The van der Waals surface area contributed by atoms with Crippen LogP contribution in [0, 0.1) is 5.41 Å². The minimum Gasteiger partial charge on any atom is -0.380 e. The molecular weight excluding hydrogens is 166 g/mol. The van der Waals surface area contributed by atoms with Crippen LogP contribution in [0.5, 0.6) is 0 Å². The maximum absolute atomic E-state index is 11.0. The van der Waals surface area contributed by atoms with Gasteiger partial charge in [-0.25, -0.2) is 0 Å². The van der Waals surface area contributed by atoms with Gasteiger partial charge in [-0.3, -0.25) is 0 Å². The quantitative estimate of drug-likeness (QED) is 0.603. The lowest BCUT2D eigenvalue weighted by Crippen LogP contribution is -2.38. The average molecular weight is 183 g/mol. The first-order valence-corrected chi connectivity index (χ1v) is 5.11. The molecule has 74 valence electrons. The van der Waals surface area contributed by atoms with Crippen molar-refractivity contribution in [3.8, 4) is 0 Å². The highest BCUT2D eigenvalue weighted by Crippen LogP contribution is 2.28. The van der Waals surface area contributed by atoms with Crippen LogP contribution in [0.25, 0.3) is 0 Å². The van der Waals surface area contributed by atoms with Crippen LogP contribution in [0.4, 0.5) is 0 Å². The van der Waals surface area contributed by atoms with Crippen molar-refractivity contribution in [2.24, 2.45) is 5.41 Å². The van der Waals surface area contributed by atoms with E-state index in [9.17, 15) is 4.79 Å². The molecule has 3 heteroatoms. The molecule has 2 heterocycles. The first kappa shape index (κ1) is 9.16. The molecule has 0 aromatic carbocycles. The fourth-order valence-electron chi connectivity index (χ4n) is 2.26. The Kier molecular flexibility index (Phi) is 2.65. The van der Waals surface area contributed by atoms with Crippen LogP contribution in [0.2, 0.25) is 0 Å². The number of ether oxygens (including phenoxy) is 1. The Labute approximate surface area is 79.0 Å². The predicted molar refractivity (Wildman–Crippen MR) is 49.6 cm³/mol.